The maximum absolute atomic E-state index is 12.7. The van der Waals surface area contributed by atoms with Crippen molar-refractivity contribution in [3.8, 4) is 5.75 Å². The van der Waals surface area contributed by atoms with Gasteiger partial charge in [-0.15, -0.1) is 11.3 Å². The minimum atomic E-state index is -0.509. The van der Waals surface area contributed by atoms with Crippen molar-refractivity contribution in [1.29, 1.82) is 0 Å². The van der Waals surface area contributed by atoms with Crippen LogP contribution in [0, 0.1) is 0 Å². The van der Waals surface area contributed by atoms with Crippen molar-refractivity contribution in [2.45, 2.75) is 26.2 Å². The highest BCUT2D eigenvalue weighted by Gasteiger charge is 2.19. The molecular weight excluding hydrogens is 568 g/mol. The van der Waals surface area contributed by atoms with Crippen molar-refractivity contribution in [1.82, 2.24) is 16.2 Å². The molecule has 0 unspecified atom stereocenters. The third kappa shape index (κ3) is 6.77. The van der Waals surface area contributed by atoms with E-state index >= 15 is 0 Å². The number of rotatable bonds is 5. The SMILES string of the molecule is COc1ccc2c(Cl)c(C(=O)NC(=S)NNC(=O)c3ccc(NC(=O)c4ccc(C(C)(C)C)cc4)cc3)sc2c1. The Hall–Kier alpha value is -3.99. The van der Waals surface area contributed by atoms with Gasteiger partial charge in [-0.2, -0.15) is 0 Å². The first-order chi connectivity index (χ1) is 19.0. The Morgan fingerprint density at radius 1 is 0.850 bits per heavy atom. The number of ether oxygens (including phenoxy) is 1. The molecule has 0 aliphatic carbocycles. The second kappa shape index (κ2) is 12.0. The molecule has 4 rings (SSSR count). The van der Waals surface area contributed by atoms with Gasteiger partial charge < -0.3 is 10.1 Å². The van der Waals surface area contributed by atoms with Crippen molar-refractivity contribution in [2.75, 3.05) is 12.4 Å². The Morgan fingerprint density at radius 2 is 1.48 bits per heavy atom. The molecule has 0 saturated carbocycles. The van der Waals surface area contributed by atoms with Crippen LogP contribution < -0.4 is 26.2 Å². The minimum absolute atomic E-state index is 0.00237. The second-order valence-corrected chi connectivity index (χ2v) is 11.7. The maximum Gasteiger partial charge on any atom is 0.269 e. The number of methoxy groups -OCH3 is 1. The molecule has 3 amide bonds. The molecule has 0 atom stereocenters. The van der Waals surface area contributed by atoms with Crippen molar-refractivity contribution in [3.05, 3.63) is 93.3 Å². The Bertz CT molecular complexity index is 1590. The number of nitrogens with one attached hydrogen (secondary N) is 4. The monoisotopic (exact) mass is 594 g/mol. The van der Waals surface area contributed by atoms with Gasteiger partial charge in [-0.3, -0.25) is 30.6 Å². The van der Waals surface area contributed by atoms with Crippen LogP contribution in [0.1, 0.15) is 56.7 Å². The third-order valence-corrected chi connectivity index (χ3v) is 7.84. The Balaban J connectivity index is 1.29. The normalized spacial score (nSPS) is 11.0. The Kier molecular flexibility index (Phi) is 8.73. The van der Waals surface area contributed by atoms with E-state index in [9.17, 15) is 14.4 Å². The number of carbonyl (C=O) groups is 3. The number of amides is 3. The molecule has 1 aromatic heterocycles. The van der Waals surface area contributed by atoms with Crippen LogP contribution in [0.4, 0.5) is 5.69 Å². The van der Waals surface area contributed by atoms with Gasteiger partial charge in [0, 0.05) is 26.9 Å². The van der Waals surface area contributed by atoms with Crippen LogP contribution in [-0.2, 0) is 5.41 Å². The molecule has 0 spiro atoms. The van der Waals surface area contributed by atoms with Gasteiger partial charge in [-0.25, -0.2) is 0 Å². The number of thiocarbonyl (C=S) groups is 1. The first-order valence-electron chi connectivity index (χ1n) is 12.2. The summed E-state index contributed by atoms with van der Waals surface area (Å²) in [5, 5.41) is 6.25. The standard InChI is InChI=1S/C29H27ClN4O4S2/c1-29(2,3)18-9-5-16(6-10-18)25(35)31-19-11-7-17(8-12-19)26(36)33-34-28(39)32-27(37)24-23(30)21-14-13-20(38-4)15-22(21)40-24/h5-15H,1-4H3,(H,31,35)(H,33,36)(H2,32,34,37,39). The summed E-state index contributed by atoms with van der Waals surface area (Å²) >= 11 is 12.7. The second-order valence-electron chi connectivity index (χ2n) is 9.83. The topological polar surface area (TPSA) is 109 Å². The van der Waals surface area contributed by atoms with Crippen LogP contribution in [0.25, 0.3) is 10.1 Å². The number of anilines is 1. The summed E-state index contributed by atoms with van der Waals surface area (Å²) in [5.74, 6) is -0.596. The van der Waals surface area contributed by atoms with Crippen LogP contribution in [-0.4, -0.2) is 29.9 Å². The van der Waals surface area contributed by atoms with E-state index in [0.29, 0.717) is 27.6 Å². The molecule has 4 N–H and O–H groups in total. The number of hydrazine groups is 1. The van der Waals surface area contributed by atoms with Crippen LogP contribution in [0.2, 0.25) is 5.02 Å². The molecular formula is C29H27ClN4O4S2. The largest absolute Gasteiger partial charge is 0.497 e. The average Bonchev–Trinajstić information content (AvgIpc) is 3.27. The zero-order chi connectivity index (χ0) is 29.0. The molecule has 3 aromatic carbocycles. The lowest BCUT2D eigenvalue weighted by molar-refractivity contribution is 0.0935. The van der Waals surface area contributed by atoms with Gasteiger partial charge in [0.15, 0.2) is 5.11 Å². The lowest BCUT2D eigenvalue weighted by Crippen LogP contribution is -2.48. The molecule has 0 radical (unpaired) electrons. The van der Waals surface area contributed by atoms with Gasteiger partial charge in [-0.1, -0.05) is 44.5 Å². The van der Waals surface area contributed by atoms with E-state index < -0.39 is 11.8 Å². The van der Waals surface area contributed by atoms with E-state index in [2.05, 4.69) is 42.3 Å². The molecule has 0 saturated heterocycles. The highest BCUT2D eigenvalue weighted by Crippen LogP contribution is 2.37. The summed E-state index contributed by atoms with van der Waals surface area (Å²) in [6.45, 7) is 6.33. The molecule has 0 fully saturated rings. The van der Waals surface area contributed by atoms with Crippen molar-refractivity contribution in [3.63, 3.8) is 0 Å². The first-order valence-corrected chi connectivity index (χ1v) is 13.8. The van der Waals surface area contributed by atoms with Crippen LogP contribution in [0.3, 0.4) is 0 Å². The van der Waals surface area contributed by atoms with E-state index in [1.807, 2.05) is 12.1 Å². The smallest absolute Gasteiger partial charge is 0.269 e. The average molecular weight is 595 g/mol. The minimum Gasteiger partial charge on any atom is -0.497 e. The highest BCUT2D eigenvalue weighted by molar-refractivity contribution is 7.80. The van der Waals surface area contributed by atoms with Gasteiger partial charge in [0.25, 0.3) is 17.7 Å². The van der Waals surface area contributed by atoms with Crippen molar-refractivity contribution >= 4 is 73.8 Å². The number of benzene rings is 3. The Morgan fingerprint density at radius 3 is 2.10 bits per heavy atom. The van der Waals surface area contributed by atoms with Gasteiger partial charge in [0.05, 0.1) is 12.1 Å². The van der Waals surface area contributed by atoms with Crippen LogP contribution in [0.15, 0.2) is 66.7 Å². The van der Waals surface area contributed by atoms with Crippen LogP contribution in [0.5, 0.6) is 5.75 Å². The maximum atomic E-state index is 12.7. The highest BCUT2D eigenvalue weighted by atomic mass is 35.5. The number of carbonyl (C=O) groups excluding carboxylic acids is 3. The summed E-state index contributed by atoms with van der Waals surface area (Å²) in [6, 6.07) is 19.1. The molecule has 206 valence electrons. The lowest BCUT2D eigenvalue weighted by atomic mass is 9.87. The molecule has 1 heterocycles. The number of thiophene rings is 1. The van der Waals surface area contributed by atoms with E-state index in [-0.39, 0.29) is 21.3 Å². The first kappa shape index (κ1) is 29.0. The van der Waals surface area contributed by atoms with Gasteiger partial charge in [-0.05, 0) is 77.8 Å². The molecule has 11 heteroatoms. The summed E-state index contributed by atoms with van der Waals surface area (Å²) in [7, 11) is 1.56. The van der Waals surface area contributed by atoms with Gasteiger partial charge >= 0.3 is 0 Å². The third-order valence-electron chi connectivity index (χ3n) is 5.98. The number of hydrogen-bond acceptors (Lipinski definition) is 6. The molecule has 40 heavy (non-hydrogen) atoms. The van der Waals surface area contributed by atoms with Gasteiger partial charge in [0.2, 0.25) is 0 Å². The predicted molar refractivity (Wildman–Crippen MR) is 164 cm³/mol. The van der Waals surface area contributed by atoms with E-state index in [0.717, 1.165) is 15.6 Å². The molecule has 0 bridgehead atoms. The molecule has 0 aliphatic heterocycles. The molecule has 0 aliphatic rings. The Labute approximate surface area is 246 Å². The number of hydrogen-bond donors (Lipinski definition) is 4. The predicted octanol–water partition coefficient (Wildman–Crippen LogP) is 6.06. The fraction of sp³-hybridized carbons (Fsp3) is 0.172. The van der Waals surface area contributed by atoms with Gasteiger partial charge in [0.1, 0.15) is 10.6 Å². The molecule has 4 aromatic rings. The van der Waals surface area contributed by atoms with Crippen LogP contribution >= 0.6 is 35.2 Å². The van der Waals surface area contributed by atoms with Crippen molar-refractivity contribution < 1.29 is 19.1 Å². The fourth-order valence-electron chi connectivity index (χ4n) is 3.73. The van der Waals surface area contributed by atoms with E-state index in [1.54, 1.807) is 61.7 Å². The quantitative estimate of drug-likeness (QED) is 0.165. The zero-order valence-corrected chi connectivity index (χ0v) is 24.6. The van der Waals surface area contributed by atoms with E-state index in [4.69, 9.17) is 28.6 Å². The fourth-order valence-corrected chi connectivity index (χ4v) is 5.31. The summed E-state index contributed by atoms with van der Waals surface area (Å²) < 4.78 is 6.01. The number of fused-ring (bicyclic) bond motifs is 1. The summed E-state index contributed by atoms with van der Waals surface area (Å²) in [5.41, 5.74) is 7.46. The summed E-state index contributed by atoms with van der Waals surface area (Å²) in [4.78, 5) is 38.1. The van der Waals surface area contributed by atoms with Crippen molar-refractivity contribution in [2.24, 2.45) is 0 Å². The molecule has 8 nitrogen and oxygen atoms in total. The lowest BCUT2D eigenvalue weighted by Gasteiger charge is -2.19. The summed E-state index contributed by atoms with van der Waals surface area (Å²) in [6.07, 6.45) is 0. The number of halogens is 1. The zero-order valence-electron chi connectivity index (χ0n) is 22.2. The van der Waals surface area contributed by atoms with E-state index in [1.165, 1.54) is 11.3 Å².